The first kappa shape index (κ1) is 15.5. The minimum atomic E-state index is -1.21. The topological polar surface area (TPSA) is 84.2 Å². The van der Waals surface area contributed by atoms with Crippen molar-refractivity contribution in [3.8, 4) is 0 Å². The summed E-state index contributed by atoms with van der Waals surface area (Å²) in [6.07, 6.45) is 1.66. The van der Waals surface area contributed by atoms with Gasteiger partial charge in [-0.1, -0.05) is 0 Å². The monoisotopic (exact) mass is 293 g/mol. The van der Waals surface area contributed by atoms with Crippen LogP contribution in [0.25, 0.3) is 0 Å². The lowest BCUT2D eigenvalue weighted by Gasteiger charge is -2.25. The van der Waals surface area contributed by atoms with E-state index in [0.29, 0.717) is 0 Å². The van der Waals surface area contributed by atoms with Crippen LogP contribution in [0.5, 0.6) is 0 Å². The third kappa shape index (κ3) is 2.94. The Hall–Kier alpha value is -1.85. The Labute approximate surface area is 124 Å². The molecule has 1 aromatic heterocycles. The molecular formula is C15H23N3O3. The van der Waals surface area contributed by atoms with E-state index in [1.807, 2.05) is 27.7 Å². The van der Waals surface area contributed by atoms with Gasteiger partial charge in [0.1, 0.15) is 11.2 Å². The minimum absolute atomic E-state index is 0.00440. The molecule has 6 nitrogen and oxygen atoms in total. The molecule has 116 valence electrons. The fourth-order valence-electron chi connectivity index (χ4n) is 2.56. The molecule has 21 heavy (non-hydrogen) atoms. The third-order valence-electron chi connectivity index (χ3n) is 3.97. The summed E-state index contributed by atoms with van der Waals surface area (Å²) in [6, 6.07) is 1.69. The standard InChI is InChI=1S/C15H23N3O3/c1-9-8-11(17-18(9)14(2,3)4)12(19)16-15(5,13(20)21)10-6-7-10/h8,10H,6-7H2,1-5H3,(H,16,19)(H,20,21). The molecule has 6 heteroatoms. The zero-order valence-corrected chi connectivity index (χ0v) is 13.2. The minimum Gasteiger partial charge on any atom is -0.480 e. The van der Waals surface area contributed by atoms with Gasteiger partial charge in [0.25, 0.3) is 5.91 Å². The molecule has 0 saturated heterocycles. The number of nitrogens with zero attached hydrogens (tertiary/aromatic N) is 2. The number of aliphatic carboxylic acids is 1. The van der Waals surface area contributed by atoms with Crippen molar-refractivity contribution in [2.75, 3.05) is 0 Å². The lowest BCUT2D eigenvalue weighted by Crippen LogP contribution is -2.54. The van der Waals surface area contributed by atoms with E-state index in [1.165, 1.54) is 0 Å². The van der Waals surface area contributed by atoms with Crippen LogP contribution in [0, 0.1) is 12.8 Å². The summed E-state index contributed by atoms with van der Waals surface area (Å²) in [5.74, 6) is -1.42. The number of hydrogen-bond acceptors (Lipinski definition) is 3. The highest BCUT2D eigenvalue weighted by atomic mass is 16.4. The van der Waals surface area contributed by atoms with Crippen LogP contribution in [-0.4, -0.2) is 32.3 Å². The number of carbonyl (C=O) groups excluding carboxylic acids is 1. The number of carboxylic acid groups (broad SMARTS) is 1. The van der Waals surface area contributed by atoms with Gasteiger partial charge in [0.05, 0.1) is 5.54 Å². The van der Waals surface area contributed by atoms with Crippen molar-refractivity contribution in [1.29, 1.82) is 0 Å². The smallest absolute Gasteiger partial charge is 0.329 e. The van der Waals surface area contributed by atoms with Crippen molar-refractivity contribution in [2.24, 2.45) is 5.92 Å². The Morgan fingerprint density at radius 3 is 2.29 bits per heavy atom. The molecule has 0 aliphatic heterocycles. The molecule has 1 aliphatic carbocycles. The summed E-state index contributed by atoms with van der Waals surface area (Å²) in [6.45, 7) is 9.45. The lowest BCUT2D eigenvalue weighted by atomic mass is 9.96. The fourth-order valence-corrected chi connectivity index (χ4v) is 2.56. The Morgan fingerprint density at radius 1 is 1.33 bits per heavy atom. The van der Waals surface area contributed by atoms with Gasteiger partial charge in [-0.15, -0.1) is 0 Å². The van der Waals surface area contributed by atoms with Crippen LogP contribution < -0.4 is 5.32 Å². The van der Waals surface area contributed by atoms with Crippen molar-refractivity contribution < 1.29 is 14.7 Å². The van der Waals surface area contributed by atoms with E-state index in [1.54, 1.807) is 17.7 Å². The van der Waals surface area contributed by atoms with Crippen molar-refractivity contribution >= 4 is 11.9 Å². The molecule has 1 aromatic rings. The SMILES string of the molecule is Cc1cc(C(=O)NC(C)(C(=O)O)C2CC2)nn1C(C)(C)C. The van der Waals surface area contributed by atoms with E-state index in [2.05, 4.69) is 10.4 Å². The molecule has 1 saturated carbocycles. The highest BCUT2D eigenvalue weighted by Crippen LogP contribution is 2.39. The van der Waals surface area contributed by atoms with Crippen LogP contribution in [0.3, 0.4) is 0 Å². The lowest BCUT2D eigenvalue weighted by molar-refractivity contribution is -0.144. The van der Waals surface area contributed by atoms with Gasteiger partial charge in [0, 0.05) is 5.69 Å². The molecule has 0 bridgehead atoms. The molecule has 1 unspecified atom stereocenters. The first-order chi connectivity index (χ1) is 9.55. The molecule has 1 heterocycles. The van der Waals surface area contributed by atoms with Gasteiger partial charge in [0.15, 0.2) is 0 Å². The van der Waals surface area contributed by atoms with Crippen LogP contribution in [0.15, 0.2) is 6.07 Å². The van der Waals surface area contributed by atoms with Gasteiger partial charge in [-0.2, -0.15) is 5.10 Å². The second-order valence-electron chi connectivity index (χ2n) is 6.99. The second kappa shape index (κ2) is 4.86. The highest BCUT2D eigenvalue weighted by molar-refractivity contribution is 5.96. The van der Waals surface area contributed by atoms with Gasteiger partial charge in [-0.25, -0.2) is 4.79 Å². The number of hydrogen-bond donors (Lipinski definition) is 2. The summed E-state index contributed by atoms with van der Waals surface area (Å²) in [5.41, 5.74) is -0.308. The summed E-state index contributed by atoms with van der Waals surface area (Å²) in [5, 5.41) is 16.4. The number of nitrogens with one attached hydrogen (secondary N) is 1. The number of aromatic nitrogens is 2. The molecule has 1 amide bonds. The molecule has 1 atom stereocenters. The fraction of sp³-hybridized carbons (Fsp3) is 0.667. The maximum Gasteiger partial charge on any atom is 0.329 e. The predicted octanol–water partition coefficient (Wildman–Crippen LogP) is 1.93. The van der Waals surface area contributed by atoms with Crippen molar-refractivity contribution in [3.05, 3.63) is 17.5 Å². The Morgan fingerprint density at radius 2 is 1.90 bits per heavy atom. The van der Waals surface area contributed by atoms with Gasteiger partial charge in [0.2, 0.25) is 0 Å². The quantitative estimate of drug-likeness (QED) is 0.888. The molecular weight excluding hydrogens is 270 g/mol. The maximum atomic E-state index is 12.3. The van der Waals surface area contributed by atoms with Crippen molar-refractivity contribution in [1.82, 2.24) is 15.1 Å². The van der Waals surface area contributed by atoms with E-state index < -0.39 is 17.4 Å². The molecule has 2 rings (SSSR count). The van der Waals surface area contributed by atoms with E-state index in [9.17, 15) is 14.7 Å². The largest absolute Gasteiger partial charge is 0.480 e. The average Bonchev–Trinajstić information content (AvgIpc) is 3.10. The summed E-state index contributed by atoms with van der Waals surface area (Å²) in [7, 11) is 0. The molecule has 0 radical (unpaired) electrons. The van der Waals surface area contributed by atoms with E-state index in [0.717, 1.165) is 18.5 Å². The van der Waals surface area contributed by atoms with Gasteiger partial charge in [-0.05, 0) is 59.4 Å². The summed E-state index contributed by atoms with van der Waals surface area (Å²) >= 11 is 0. The number of carboxylic acids is 1. The number of aryl methyl sites for hydroxylation is 1. The number of rotatable bonds is 4. The molecule has 1 aliphatic rings. The van der Waals surface area contributed by atoms with Crippen molar-refractivity contribution in [2.45, 2.75) is 58.5 Å². The predicted molar refractivity (Wildman–Crippen MR) is 78.2 cm³/mol. The zero-order valence-electron chi connectivity index (χ0n) is 13.2. The van der Waals surface area contributed by atoms with Crippen LogP contribution >= 0.6 is 0 Å². The van der Waals surface area contributed by atoms with E-state index in [-0.39, 0.29) is 17.2 Å². The zero-order chi connectivity index (χ0) is 16.0. The normalized spacial score (nSPS) is 18.1. The van der Waals surface area contributed by atoms with E-state index >= 15 is 0 Å². The Balaban J connectivity index is 2.23. The van der Waals surface area contributed by atoms with Crippen LogP contribution in [-0.2, 0) is 10.3 Å². The van der Waals surface area contributed by atoms with Crippen molar-refractivity contribution in [3.63, 3.8) is 0 Å². The second-order valence-corrected chi connectivity index (χ2v) is 6.99. The molecule has 2 N–H and O–H groups in total. The average molecular weight is 293 g/mol. The number of carbonyl (C=O) groups is 2. The van der Waals surface area contributed by atoms with Gasteiger partial charge >= 0.3 is 5.97 Å². The highest BCUT2D eigenvalue weighted by Gasteiger charge is 2.48. The number of amides is 1. The maximum absolute atomic E-state index is 12.3. The third-order valence-corrected chi connectivity index (χ3v) is 3.97. The molecule has 0 spiro atoms. The van der Waals surface area contributed by atoms with Gasteiger partial charge in [-0.3, -0.25) is 9.48 Å². The van der Waals surface area contributed by atoms with E-state index in [4.69, 9.17) is 0 Å². The molecule has 0 aromatic carbocycles. The van der Waals surface area contributed by atoms with Crippen LogP contribution in [0.4, 0.5) is 0 Å². The summed E-state index contributed by atoms with van der Waals surface area (Å²) in [4.78, 5) is 23.8. The first-order valence-electron chi connectivity index (χ1n) is 7.19. The first-order valence-corrected chi connectivity index (χ1v) is 7.19. The van der Waals surface area contributed by atoms with Gasteiger partial charge < -0.3 is 10.4 Å². The van der Waals surface area contributed by atoms with Crippen LogP contribution in [0.1, 0.15) is 56.7 Å². The Kier molecular flexibility index (Phi) is 3.59. The summed E-state index contributed by atoms with van der Waals surface area (Å²) < 4.78 is 1.77. The van der Waals surface area contributed by atoms with Crippen LogP contribution in [0.2, 0.25) is 0 Å². The Bertz CT molecular complexity index is 581. The molecule has 1 fully saturated rings.